The van der Waals surface area contributed by atoms with Crippen LogP contribution >= 0.6 is 0 Å². The van der Waals surface area contributed by atoms with E-state index < -0.39 is 0 Å². The molecule has 2 aromatic rings. The second-order valence-corrected chi connectivity index (χ2v) is 7.24. The quantitative estimate of drug-likeness (QED) is 0.514. The van der Waals surface area contributed by atoms with Crippen LogP contribution in [0.5, 0.6) is 5.75 Å². The molecule has 1 aliphatic rings. The number of aryl methyl sites for hydroxylation is 1. The lowest BCUT2D eigenvalue weighted by atomic mass is 10.1. The van der Waals surface area contributed by atoms with Crippen LogP contribution in [0, 0.1) is 6.92 Å². The number of benzene rings is 1. The normalized spacial score (nSPS) is 16.3. The van der Waals surface area contributed by atoms with E-state index in [2.05, 4.69) is 5.32 Å². The van der Waals surface area contributed by atoms with E-state index in [-0.39, 0.29) is 36.9 Å². The molecular formula is C23H26N2O6. The fraction of sp³-hybridized carbons (Fsp3) is 0.348. The SMILES string of the molecule is CC(=O)c1ccc(OCC2CN(C(=O)CNC(=O)/C=C\c3ccco3)CCO2)cc1C. The van der Waals surface area contributed by atoms with E-state index >= 15 is 0 Å². The zero-order valence-electron chi connectivity index (χ0n) is 17.6. The van der Waals surface area contributed by atoms with Gasteiger partial charge in [-0.2, -0.15) is 0 Å². The molecule has 164 valence electrons. The molecule has 0 aliphatic carbocycles. The summed E-state index contributed by atoms with van der Waals surface area (Å²) >= 11 is 0. The van der Waals surface area contributed by atoms with E-state index in [1.54, 1.807) is 29.2 Å². The van der Waals surface area contributed by atoms with Gasteiger partial charge in [0.2, 0.25) is 11.8 Å². The Morgan fingerprint density at radius 1 is 1.29 bits per heavy atom. The highest BCUT2D eigenvalue weighted by atomic mass is 16.5. The van der Waals surface area contributed by atoms with E-state index in [9.17, 15) is 14.4 Å². The van der Waals surface area contributed by atoms with Crippen molar-refractivity contribution in [1.29, 1.82) is 0 Å². The molecule has 0 saturated carbocycles. The maximum Gasteiger partial charge on any atom is 0.244 e. The number of carbonyl (C=O) groups excluding carboxylic acids is 3. The highest BCUT2D eigenvalue weighted by Crippen LogP contribution is 2.18. The van der Waals surface area contributed by atoms with Crippen LogP contribution in [0.4, 0.5) is 0 Å². The average molecular weight is 426 g/mol. The standard InChI is InChI=1S/C23H26N2O6/c1-16-12-19(5-7-21(16)17(2)26)31-15-20-14-25(9-11-30-20)23(28)13-24-22(27)8-6-18-4-3-10-29-18/h3-8,10,12,20H,9,11,13-15H2,1-2H3,(H,24,27)/b8-6-. The van der Waals surface area contributed by atoms with E-state index in [0.717, 1.165) is 5.56 Å². The molecule has 1 aromatic carbocycles. The highest BCUT2D eigenvalue weighted by molar-refractivity contribution is 5.95. The number of amides is 2. The number of carbonyl (C=O) groups is 3. The summed E-state index contributed by atoms with van der Waals surface area (Å²) in [6, 6.07) is 8.76. The predicted octanol–water partition coefficient (Wildman–Crippen LogP) is 2.23. The first-order valence-corrected chi connectivity index (χ1v) is 10.1. The highest BCUT2D eigenvalue weighted by Gasteiger charge is 2.25. The third-order valence-corrected chi connectivity index (χ3v) is 4.86. The molecule has 0 spiro atoms. The summed E-state index contributed by atoms with van der Waals surface area (Å²) < 4.78 is 16.6. The third kappa shape index (κ3) is 6.55. The van der Waals surface area contributed by atoms with Crippen LogP contribution in [-0.2, 0) is 14.3 Å². The molecule has 31 heavy (non-hydrogen) atoms. The van der Waals surface area contributed by atoms with Crippen molar-refractivity contribution < 1.29 is 28.3 Å². The molecule has 0 bridgehead atoms. The van der Waals surface area contributed by atoms with Crippen molar-refractivity contribution in [3.63, 3.8) is 0 Å². The lowest BCUT2D eigenvalue weighted by Crippen LogP contribution is -2.50. The Kier molecular flexibility index (Phi) is 7.61. The number of rotatable bonds is 8. The fourth-order valence-corrected chi connectivity index (χ4v) is 3.23. The van der Waals surface area contributed by atoms with Crippen LogP contribution in [0.25, 0.3) is 6.08 Å². The average Bonchev–Trinajstić information content (AvgIpc) is 3.28. The van der Waals surface area contributed by atoms with Gasteiger partial charge in [0.05, 0.1) is 26.0 Å². The first-order valence-electron chi connectivity index (χ1n) is 10.1. The minimum absolute atomic E-state index is 0.0114. The van der Waals surface area contributed by atoms with Gasteiger partial charge in [-0.25, -0.2) is 0 Å². The second kappa shape index (κ2) is 10.6. The summed E-state index contributed by atoms with van der Waals surface area (Å²) in [7, 11) is 0. The van der Waals surface area contributed by atoms with E-state index in [1.807, 2.05) is 13.0 Å². The van der Waals surface area contributed by atoms with Crippen LogP contribution in [0.3, 0.4) is 0 Å². The number of nitrogens with zero attached hydrogens (tertiary/aromatic N) is 1. The van der Waals surface area contributed by atoms with Crippen molar-refractivity contribution in [2.24, 2.45) is 0 Å². The maximum absolute atomic E-state index is 12.4. The number of furan rings is 1. The molecule has 1 unspecified atom stereocenters. The second-order valence-electron chi connectivity index (χ2n) is 7.24. The molecule has 0 radical (unpaired) electrons. The first kappa shape index (κ1) is 22.3. The largest absolute Gasteiger partial charge is 0.491 e. The van der Waals surface area contributed by atoms with Crippen LogP contribution in [0.2, 0.25) is 0 Å². The van der Waals surface area contributed by atoms with Crippen molar-refractivity contribution in [1.82, 2.24) is 10.2 Å². The van der Waals surface area contributed by atoms with Gasteiger partial charge in [-0.3, -0.25) is 14.4 Å². The van der Waals surface area contributed by atoms with Gasteiger partial charge in [0, 0.05) is 18.2 Å². The van der Waals surface area contributed by atoms with Gasteiger partial charge in [-0.1, -0.05) is 0 Å². The molecule has 8 heteroatoms. The Labute approximate surface area is 180 Å². The number of Topliss-reactive ketones (excluding diaryl/α,β-unsaturated/α-hetero) is 1. The summed E-state index contributed by atoms with van der Waals surface area (Å²) in [5.41, 5.74) is 1.52. The Balaban J connectivity index is 1.44. The van der Waals surface area contributed by atoms with E-state index in [0.29, 0.717) is 36.8 Å². The molecule has 1 fully saturated rings. The van der Waals surface area contributed by atoms with Crippen molar-refractivity contribution >= 4 is 23.7 Å². The smallest absolute Gasteiger partial charge is 0.244 e. The monoisotopic (exact) mass is 426 g/mol. The molecular weight excluding hydrogens is 400 g/mol. The molecule has 8 nitrogen and oxygen atoms in total. The van der Waals surface area contributed by atoms with Crippen LogP contribution < -0.4 is 10.1 Å². The zero-order chi connectivity index (χ0) is 22.2. The lowest BCUT2D eigenvalue weighted by Gasteiger charge is -2.33. The number of hydrogen-bond acceptors (Lipinski definition) is 6. The van der Waals surface area contributed by atoms with Crippen molar-refractivity contribution in [2.75, 3.05) is 32.8 Å². The van der Waals surface area contributed by atoms with Crippen LogP contribution in [-0.4, -0.2) is 61.4 Å². The van der Waals surface area contributed by atoms with Gasteiger partial charge in [0.25, 0.3) is 0 Å². The maximum atomic E-state index is 12.4. The van der Waals surface area contributed by atoms with E-state index in [4.69, 9.17) is 13.9 Å². The summed E-state index contributed by atoms with van der Waals surface area (Å²) in [6.07, 6.45) is 4.09. The number of ketones is 1. The molecule has 3 rings (SSSR count). The molecule has 1 atom stereocenters. The number of hydrogen-bond donors (Lipinski definition) is 1. The van der Waals surface area contributed by atoms with Gasteiger partial charge < -0.3 is 24.1 Å². The van der Waals surface area contributed by atoms with Crippen LogP contribution in [0.1, 0.15) is 28.6 Å². The van der Waals surface area contributed by atoms with Gasteiger partial charge in [0.15, 0.2) is 5.78 Å². The molecule has 1 N–H and O–H groups in total. The predicted molar refractivity (Wildman–Crippen MR) is 114 cm³/mol. The summed E-state index contributed by atoms with van der Waals surface area (Å²) in [5, 5.41) is 2.58. The Hall–Kier alpha value is -3.39. The Morgan fingerprint density at radius 2 is 2.13 bits per heavy atom. The molecule has 1 aromatic heterocycles. The van der Waals surface area contributed by atoms with Crippen molar-refractivity contribution in [2.45, 2.75) is 20.0 Å². The Morgan fingerprint density at radius 3 is 2.84 bits per heavy atom. The topological polar surface area (TPSA) is 98.1 Å². The summed E-state index contributed by atoms with van der Waals surface area (Å²) in [6.45, 7) is 4.80. The third-order valence-electron chi connectivity index (χ3n) is 4.86. The molecule has 1 saturated heterocycles. The molecule has 2 amide bonds. The number of nitrogens with one attached hydrogen (secondary N) is 1. The fourth-order valence-electron chi connectivity index (χ4n) is 3.23. The van der Waals surface area contributed by atoms with Gasteiger partial charge >= 0.3 is 0 Å². The first-order chi connectivity index (χ1) is 14.9. The van der Waals surface area contributed by atoms with Crippen molar-refractivity contribution in [3.05, 3.63) is 59.6 Å². The number of morpholine rings is 1. The summed E-state index contributed by atoms with van der Waals surface area (Å²) in [5.74, 6) is 0.656. The van der Waals surface area contributed by atoms with Gasteiger partial charge in [-0.15, -0.1) is 0 Å². The van der Waals surface area contributed by atoms with E-state index in [1.165, 1.54) is 25.3 Å². The Bertz CT molecular complexity index is 951. The summed E-state index contributed by atoms with van der Waals surface area (Å²) in [4.78, 5) is 37.5. The van der Waals surface area contributed by atoms with Crippen molar-refractivity contribution in [3.8, 4) is 5.75 Å². The molecule has 1 aliphatic heterocycles. The van der Waals surface area contributed by atoms with Gasteiger partial charge in [0.1, 0.15) is 24.2 Å². The number of ether oxygens (including phenoxy) is 2. The van der Waals surface area contributed by atoms with Gasteiger partial charge in [-0.05, 0) is 55.8 Å². The lowest BCUT2D eigenvalue weighted by molar-refractivity contribution is -0.140. The minimum atomic E-state index is -0.373. The molecule has 2 heterocycles. The zero-order valence-corrected chi connectivity index (χ0v) is 17.6. The minimum Gasteiger partial charge on any atom is -0.491 e. The van der Waals surface area contributed by atoms with Crippen LogP contribution in [0.15, 0.2) is 47.1 Å².